The number of nitrogen functional groups attached to an aromatic ring is 1. The predicted molar refractivity (Wildman–Crippen MR) is 83.4 cm³/mol. The molecule has 0 aromatic carbocycles. The number of hydrogen-bond acceptors (Lipinski definition) is 6. The van der Waals surface area contributed by atoms with Gasteiger partial charge in [-0.15, -0.1) is 0 Å². The van der Waals surface area contributed by atoms with Crippen molar-refractivity contribution in [3.05, 3.63) is 18.7 Å². The molecule has 2 aromatic rings. The van der Waals surface area contributed by atoms with Gasteiger partial charge in [0, 0.05) is 25.5 Å². The molecule has 0 aliphatic heterocycles. The highest BCUT2D eigenvalue weighted by molar-refractivity contribution is 5.37. The summed E-state index contributed by atoms with van der Waals surface area (Å²) in [6, 6.07) is 0. The van der Waals surface area contributed by atoms with Crippen LogP contribution in [0.5, 0.6) is 0 Å². The Bertz CT molecular complexity index is 530. The summed E-state index contributed by atoms with van der Waals surface area (Å²) >= 11 is 0. The van der Waals surface area contributed by atoms with E-state index in [0.29, 0.717) is 11.9 Å². The second-order valence-corrected chi connectivity index (χ2v) is 4.96. The number of nitrogens with two attached hydrogens (primary N) is 1. The van der Waals surface area contributed by atoms with Crippen LogP contribution >= 0.6 is 0 Å². The third kappa shape index (κ3) is 4.14. The molecule has 114 valence electrons. The Morgan fingerprint density at radius 2 is 1.81 bits per heavy atom. The van der Waals surface area contributed by atoms with Crippen molar-refractivity contribution in [1.29, 1.82) is 0 Å². The highest BCUT2D eigenvalue weighted by atomic mass is 15.3. The van der Waals surface area contributed by atoms with Crippen molar-refractivity contribution in [3.8, 4) is 5.95 Å². The Kier molecular flexibility index (Phi) is 5.48. The monoisotopic (exact) mass is 289 g/mol. The van der Waals surface area contributed by atoms with Crippen molar-refractivity contribution in [1.82, 2.24) is 24.5 Å². The summed E-state index contributed by atoms with van der Waals surface area (Å²) in [6.07, 6.45) is 9.62. The number of nitrogens with zero attached hydrogens (tertiary/aromatic N) is 6. The summed E-state index contributed by atoms with van der Waals surface area (Å²) < 4.78 is 1.74. The summed E-state index contributed by atoms with van der Waals surface area (Å²) in [5.74, 6) is 1.39. The summed E-state index contributed by atoms with van der Waals surface area (Å²) in [6.45, 7) is 6.22. The molecule has 0 saturated carbocycles. The molecule has 2 N–H and O–H groups in total. The van der Waals surface area contributed by atoms with Gasteiger partial charge >= 0.3 is 0 Å². The molecular formula is C14H23N7. The zero-order valence-corrected chi connectivity index (χ0v) is 12.7. The number of imidazole rings is 1. The molecule has 21 heavy (non-hydrogen) atoms. The molecule has 2 heterocycles. The van der Waals surface area contributed by atoms with Crippen LogP contribution in [0.25, 0.3) is 5.95 Å². The Labute approximate surface area is 125 Å². The van der Waals surface area contributed by atoms with E-state index in [1.807, 2.05) is 0 Å². The molecule has 0 amide bonds. The zero-order valence-electron chi connectivity index (χ0n) is 12.7. The van der Waals surface area contributed by atoms with Gasteiger partial charge in [0.1, 0.15) is 6.33 Å². The Morgan fingerprint density at radius 1 is 1.10 bits per heavy atom. The first kappa shape index (κ1) is 15.2. The van der Waals surface area contributed by atoms with Gasteiger partial charge in [-0.2, -0.15) is 15.0 Å². The van der Waals surface area contributed by atoms with Crippen LogP contribution in [-0.4, -0.2) is 37.6 Å². The number of unbranched alkanes of at least 4 members (excludes halogenated alkanes) is 2. The maximum Gasteiger partial charge on any atom is 0.241 e. The Hall–Kier alpha value is -2.18. The second-order valence-electron chi connectivity index (χ2n) is 4.96. The fourth-order valence-electron chi connectivity index (χ4n) is 2.01. The molecule has 0 bridgehead atoms. The summed E-state index contributed by atoms with van der Waals surface area (Å²) in [5.41, 5.74) is 5.84. The van der Waals surface area contributed by atoms with E-state index in [-0.39, 0.29) is 5.95 Å². The van der Waals surface area contributed by atoms with Gasteiger partial charge in [0.25, 0.3) is 0 Å². The molecule has 0 fully saturated rings. The Morgan fingerprint density at radius 3 is 2.38 bits per heavy atom. The Balaban J connectivity index is 2.26. The van der Waals surface area contributed by atoms with E-state index in [4.69, 9.17) is 5.73 Å². The smallest absolute Gasteiger partial charge is 0.241 e. The van der Waals surface area contributed by atoms with Gasteiger partial charge in [-0.05, 0) is 12.8 Å². The summed E-state index contributed by atoms with van der Waals surface area (Å²) in [7, 11) is 0. The fourth-order valence-corrected chi connectivity index (χ4v) is 2.01. The lowest BCUT2D eigenvalue weighted by molar-refractivity contribution is 0.659. The van der Waals surface area contributed by atoms with Crippen molar-refractivity contribution in [2.75, 3.05) is 23.7 Å². The highest BCUT2D eigenvalue weighted by Gasteiger charge is 2.12. The number of rotatable bonds is 8. The van der Waals surface area contributed by atoms with Crippen molar-refractivity contribution in [3.63, 3.8) is 0 Å². The minimum atomic E-state index is 0.238. The molecule has 0 radical (unpaired) electrons. The van der Waals surface area contributed by atoms with Crippen molar-refractivity contribution < 1.29 is 0 Å². The van der Waals surface area contributed by atoms with Crippen LogP contribution in [0, 0.1) is 0 Å². The average molecular weight is 289 g/mol. The number of anilines is 2. The van der Waals surface area contributed by atoms with E-state index in [0.717, 1.165) is 38.8 Å². The SMILES string of the molecule is CCCCN(CCCC)c1nc(N)nc(-n2ccnc2)n1. The molecular weight excluding hydrogens is 266 g/mol. The lowest BCUT2D eigenvalue weighted by Crippen LogP contribution is -2.28. The number of aromatic nitrogens is 5. The molecule has 0 unspecified atom stereocenters. The minimum absolute atomic E-state index is 0.238. The average Bonchev–Trinajstić information content (AvgIpc) is 3.01. The topological polar surface area (TPSA) is 85.8 Å². The molecule has 0 saturated heterocycles. The predicted octanol–water partition coefficient (Wildman–Crippen LogP) is 2.05. The van der Waals surface area contributed by atoms with Crippen molar-refractivity contribution in [2.45, 2.75) is 39.5 Å². The summed E-state index contributed by atoms with van der Waals surface area (Å²) in [5, 5.41) is 0. The molecule has 0 aliphatic carbocycles. The van der Waals surface area contributed by atoms with Crippen LogP contribution in [0.1, 0.15) is 39.5 Å². The first-order valence-corrected chi connectivity index (χ1v) is 7.49. The molecule has 7 heteroatoms. The molecule has 0 aliphatic rings. The fraction of sp³-hybridized carbons (Fsp3) is 0.571. The van der Waals surface area contributed by atoms with E-state index in [1.165, 1.54) is 0 Å². The molecule has 2 rings (SSSR count). The molecule has 7 nitrogen and oxygen atoms in total. The van der Waals surface area contributed by atoms with Crippen LogP contribution in [0.2, 0.25) is 0 Å². The molecule has 0 atom stereocenters. The van der Waals surface area contributed by atoms with Crippen LogP contribution < -0.4 is 10.6 Å². The zero-order chi connectivity index (χ0) is 15.1. The third-order valence-corrected chi connectivity index (χ3v) is 3.21. The maximum atomic E-state index is 5.84. The van der Waals surface area contributed by atoms with Gasteiger partial charge < -0.3 is 10.6 Å². The highest BCUT2D eigenvalue weighted by Crippen LogP contribution is 2.13. The van der Waals surface area contributed by atoms with E-state index < -0.39 is 0 Å². The lowest BCUT2D eigenvalue weighted by Gasteiger charge is -2.22. The second kappa shape index (κ2) is 7.56. The minimum Gasteiger partial charge on any atom is -0.368 e. The van der Waals surface area contributed by atoms with Crippen LogP contribution in [-0.2, 0) is 0 Å². The van der Waals surface area contributed by atoms with E-state index in [9.17, 15) is 0 Å². The first-order valence-electron chi connectivity index (χ1n) is 7.49. The van der Waals surface area contributed by atoms with Crippen molar-refractivity contribution in [2.24, 2.45) is 0 Å². The first-order chi connectivity index (χ1) is 10.2. The molecule has 2 aromatic heterocycles. The van der Waals surface area contributed by atoms with Gasteiger partial charge in [0.05, 0.1) is 0 Å². The third-order valence-electron chi connectivity index (χ3n) is 3.21. The molecule has 0 spiro atoms. The summed E-state index contributed by atoms with van der Waals surface area (Å²) in [4.78, 5) is 19.2. The van der Waals surface area contributed by atoms with E-state index in [1.54, 1.807) is 23.3 Å². The lowest BCUT2D eigenvalue weighted by atomic mass is 10.3. The largest absolute Gasteiger partial charge is 0.368 e. The van der Waals surface area contributed by atoms with E-state index >= 15 is 0 Å². The maximum absolute atomic E-state index is 5.84. The van der Waals surface area contributed by atoms with Crippen LogP contribution in [0.4, 0.5) is 11.9 Å². The van der Waals surface area contributed by atoms with Gasteiger partial charge in [-0.1, -0.05) is 26.7 Å². The van der Waals surface area contributed by atoms with Crippen LogP contribution in [0.15, 0.2) is 18.7 Å². The van der Waals surface area contributed by atoms with Crippen LogP contribution in [0.3, 0.4) is 0 Å². The van der Waals surface area contributed by atoms with E-state index in [2.05, 4.69) is 38.7 Å². The van der Waals surface area contributed by atoms with Gasteiger partial charge in [-0.25, -0.2) is 4.98 Å². The normalized spacial score (nSPS) is 10.8. The quantitative estimate of drug-likeness (QED) is 0.800. The van der Waals surface area contributed by atoms with Gasteiger partial charge in [-0.3, -0.25) is 4.57 Å². The number of hydrogen-bond donors (Lipinski definition) is 1. The standard InChI is InChI=1S/C14H23N7/c1-3-5-8-20(9-6-4-2)13-17-12(15)18-14(19-13)21-10-7-16-11-21/h7,10-11H,3-6,8-9H2,1-2H3,(H2,15,17,18,19). The van der Waals surface area contributed by atoms with Gasteiger partial charge in [0.2, 0.25) is 17.8 Å². The van der Waals surface area contributed by atoms with Crippen molar-refractivity contribution >= 4 is 11.9 Å². The van der Waals surface area contributed by atoms with Gasteiger partial charge in [0.15, 0.2) is 0 Å².